The zero-order valence-corrected chi connectivity index (χ0v) is 10.8. The van der Waals surface area contributed by atoms with Gasteiger partial charge in [-0.25, -0.2) is 0 Å². The van der Waals surface area contributed by atoms with E-state index in [1.165, 1.54) is 0 Å². The number of hydrogen-bond donors (Lipinski definition) is 2. The molecule has 0 spiro atoms. The maximum absolute atomic E-state index is 12.6. The van der Waals surface area contributed by atoms with Crippen LogP contribution in [0.15, 0.2) is 30.5 Å². The van der Waals surface area contributed by atoms with E-state index in [-0.39, 0.29) is 12.5 Å². The number of rotatable bonds is 3. The number of nitrogens with zero attached hydrogens (tertiary/aromatic N) is 1. The topological polar surface area (TPSA) is 56.3 Å². The van der Waals surface area contributed by atoms with Gasteiger partial charge in [-0.15, -0.1) is 0 Å². The Morgan fingerprint density at radius 2 is 2.32 bits per heavy atom. The lowest BCUT2D eigenvalue weighted by molar-refractivity contribution is 0.0786. The van der Waals surface area contributed by atoms with Crippen LogP contribution >= 0.6 is 0 Å². The number of H-pyrrole nitrogens is 1. The van der Waals surface area contributed by atoms with Crippen molar-refractivity contribution in [3.05, 3.63) is 36.0 Å². The molecule has 100 valence electrons. The summed E-state index contributed by atoms with van der Waals surface area (Å²) in [6.45, 7) is 1.76. The van der Waals surface area contributed by atoms with E-state index >= 15 is 0 Å². The number of hydrogen-bond acceptors (Lipinski definition) is 2. The van der Waals surface area contributed by atoms with Crippen molar-refractivity contribution in [1.82, 2.24) is 9.88 Å². The number of nitrogens with one attached hydrogen (secondary N) is 1. The highest BCUT2D eigenvalue weighted by molar-refractivity contribution is 6.05. The van der Waals surface area contributed by atoms with Crippen molar-refractivity contribution < 1.29 is 9.90 Å². The molecule has 1 aromatic carbocycles. The number of benzene rings is 1. The first-order valence-electron chi connectivity index (χ1n) is 6.76. The monoisotopic (exact) mass is 258 g/mol. The van der Waals surface area contributed by atoms with E-state index in [0.717, 1.165) is 42.4 Å². The highest BCUT2D eigenvalue weighted by Crippen LogP contribution is 2.24. The zero-order chi connectivity index (χ0) is 13.2. The number of para-hydroxylation sites is 1. The van der Waals surface area contributed by atoms with Crippen molar-refractivity contribution in [2.24, 2.45) is 5.92 Å². The Morgan fingerprint density at radius 3 is 3.16 bits per heavy atom. The van der Waals surface area contributed by atoms with Crippen molar-refractivity contribution >= 4 is 16.8 Å². The largest absolute Gasteiger partial charge is 0.396 e. The first-order valence-corrected chi connectivity index (χ1v) is 6.76. The molecule has 1 aromatic heterocycles. The highest BCUT2D eigenvalue weighted by atomic mass is 16.3. The Kier molecular flexibility index (Phi) is 3.25. The van der Waals surface area contributed by atoms with Crippen molar-refractivity contribution in [2.75, 3.05) is 19.7 Å². The van der Waals surface area contributed by atoms with Gasteiger partial charge in [0.1, 0.15) is 0 Å². The van der Waals surface area contributed by atoms with E-state index in [0.29, 0.717) is 5.92 Å². The Balaban J connectivity index is 1.83. The third-order valence-electron chi connectivity index (χ3n) is 3.93. The summed E-state index contributed by atoms with van der Waals surface area (Å²) in [6, 6.07) is 7.77. The molecule has 0 saturated carbocycles. The number of likely N-dealkylation sites (tertiary alicyclic amines) is 1. The Bertz CT molecular complexity index is 591. The molecular weight excluding hydrogens is 240 g/mol. The number of fused-ring (bicyclic) bond motifs is 1. The number of aliphatic hydroxyl groups excluding tert-OH is 1. The van der Waals surface area contributed by atoms with Gasteiger partial charge in [-0.3, -0.25) is 4.79 Å². The molecule has 1 unspecified atom stereocenters. The summed E-state index contributed by atoms with van der Waals surface area (Å²) in [4.78, 5) is 17.6. The van der Waals surface area contributed by atoms with E-state index in [1.807, 2.05) is 35.4 Å². The molecule has 1 aliphatic heterocycles. The maximum atomic E-state index is 12.6. The molecule has 2 aromatic rings. The molecule has 1 amide bonds. The summed E-state index contributed by atoms with van der Waals surface area (Å²) in [6.07, 6.45) is 3.64. The zero-order valence-electron chi connectivity index (χ0n) is 10.8. The number of carbonyl (C=O) groups excluding carboxylic acids is 1. The quantitative estimate of drug-likeness (QED) is 0.885. The van der Waals surface area contributed by atoms with Crippen molar-refractivity contribution in [2.45, 2.75) is 12.8 Å². The first-order chi connectivity index (χ1) is 9.29. The minimum atomic E-state index is 0.0912. The number of aromatic nitrogens is 1. The smallest absolute Gasteiger partial charge is 0.255 e. The summed E-state index contributed by atoms with van der Waals surface area (Å²) in [5.74, 6) is 0.533. The first kappa shape index (κ1) is 12.2. The predicted molar refractivity (Wildman–Crippen MR) is 74.0 cm³/mol. The second kappa shape index (κ2) is 5.05. The molecule has 19 heavy (non-hydrogen) atoms. The van der Waals surface area contributed by atoms with Gasteiger partial charge in [-0.2, -0.15) is 0 Å². The molecule has 2 heterocycles. The van der Waals surface area contributed by atoms with Crippen LogP contribution in [0.1, 0.15) is 23.2 Å². The van der Waals surface area contributed by atoms with Crippen molar-refractivity contribution in [3.63, 3.8) is 0 Å². The fraction of sp³-hybridized carbons (Fsp3) is 0.400. The van der Waals surface area contributed by atoms with Crippen LogP contribution in [0.3, 0.4) is 0 Å². The molecule has 4 nitrogen and oxygen atoms in total. The van der Waals surface area contributed by atoms with Gasteiger partial charge in [0.2, 0.25) is 0 Å². The number of aliphatic hydroxyl groups is 1. The fourth-order valence-electron chi connectivity index (χ4n) is 2.87. The van der Waals surface area contributed by atoms with E-state index in [1.54, 1.807) is 0 Å². The van der Waals surface area contributed by atoms with Gasteiger partial charge in [0.25, 0.3) is 5.91 Å². The average Bonchev–Trinajstić information content (AvgIpc) is 3.06. The van der Waals surface area contributed by atoms with Crippen molar-refractivity contribution in [1.29, 1.82) is 0 Å². The number of aromatic amines is 1. The van der Waals surface area contributed by atoms with Crippen LogP contribution in [0.2, 0.25) is 0 Å². The average molecular weight is 258 g/mol. The Morgan fingerprint density at radius 1 is 1.42 bits per heavy atom. The molecular formula is C15H18N2O2. The van der Waals surface area contributed by atoms with Gasteiger partial charge < -0.3 is 15.0 Å². The standard InChI is InChI=1S/C15H18N2O2/c18-9-6-11-5-8-17(10-11)15(19)13-3-1-2-12-4-7-16-14(12)13/h1-4,7,11,16,18H,5-6,8-10H2. The SMILES string of the molecule is O=C(c1cccc2cc[nH]c12)N1CCC(CCO)C1. The van der Waals surface area contributed by atoms with Gasteiger partial charge in [-0.1, -0.05) is 12.1 Å². The third-order valence-corrected chi connectivity index (χ3v) is 3.93. The van der Waals surface area contributed by atoms with Crippen LogP contribution in [0, 0.1) is 5.92 Å². The van der Waals surface area contributed by atoms with Gasteiger partial charge in [0, 0.05) is 31.3 Å². The van der Waals surface area contributed by atoms with E-state index < -0.39 is 0 Å². The van der Waals surface area contributed by atoms with E-state index in [2.05, 4.69) is 4.98 Å². The summed E-state index contributed by atoms with van der Waals surface area (Å²) in [5, 5.41) is 10.0. The van der Waals surface area contributed by atoms with Crippen LogP contribution in [-0.2, 0) is 0 Å². The molecule has 1 aliphatic rings. The fourth-order valence-corrected chi connectivity index (χ4v) is 2.87. The van der Waals surface area contributed by atoms with Crippen LogP contribution < -0.4 is 0 Å². The molecule has 0 radical (unpaired) electrons. The lowest BCUT2D eigenvalue weighted by Gasteiger charge is -2.17. The third kappa shape index (κ3) is 2.24. The highest BCUT2D eigenvalue weighted by Gasteiger charge is 2.27. The molecule has 0 bridgehead atoms. The van der Waals surface area contributed by atoms with Gasteiger partial charge in [0.05, 0.1) is 11.1 Å². The van der Waals surface area contributed by atoms with Crippen LogP contribution in [0.5, 0.6) is 0 Å². The number of carbonyl (C=O) groups is 1. The molecule has 4 heteroatoms. The summed E-state index contributed by atoms with van der Waals surface area (Å²) >= 11 is 0. The summed E-state index contributed by atoms with van der Waals surface area (Å²) < 4.78 is 0. The second-order valence-electron chi connectivity index (χ2n) is 5.17. The van der Waals surface area contributed by atoms with E-state index in [4.69, 9.17) is 5.11 Å². The van der Waals surface area contributed by atoms with Gasteiger partial charge in [0.15, 0.2) is 0 Å². The lowest BCUT2D eigenvalue weighted by atomic mass is 10.1. The molecule has 1 saturated heterocycles. The normalized spacial score (nSPS) is 19.2. The van der Waals surface area contributed by atoms with Crippen molar-refractivity contribution in [3.8, 4) is 0 Å². The Labute approximate surface area is 112 Å². The molecule has 1 atom stereocenters. The minimum Gasteiger partial charge on any atom is -0.396 e. The van der Waals surface area contributed by atoms with Crippen LogP contribution in [0.4, 0.5) is 0 Å². The summed E-state index contributed by atoms with van der Waals surface area (Å²) in [5.41, 5.74) is 1.66. The molecule has 3 rings (SSSR count). The summed E-state index contributed by atoms with van der Waals surface area (Å²) in [7, 11) is 0. The lowest BCUT2D eigenvalue weighted by Crippen LogP contribution is -2.29. The Hall–Kier alpha value is -1.81. The maximum Gasteiger partial charge on any atom is 0.255 e. The van der Waals surface area contributed by atoms with Crippen LogP contribution in [0.25, 0.3) is 10.9 Å². The second-order valence-corrected chi connectivity index (χ2v) is 5.17. The number of amides is 1. The van der Waals surface area contributed by atoms with E-state index in [9.17, 15) is 4.79 Å². The molecule has 1 fully saturated rings. The van der Waals surface area contributed by atoms with Gasteiger partial charge in [-0.05, 0) is 30.9 Å². The van der Waals surface area contributed by atoms with Gasteiger partial charge >= 0.3 is 0 Å². The predicted octanol–water partition coefficient (Wildman–Crippen LogP) is 2.01. The van der Waals surface area contributed by atoms with Crippen LogP contribution in [-0.4, -0.2) is 40.6 Å². The molecule has 0 aliphatic carbocycles. The molecule has 2 N–H and O–H groups in total. The minimum absolute atomic E-state index is 0.0912.